The lowest BCUT2D eigenvalue weighted by atomic mass is 10.0. The minimum Gasteiger partial charge on any atom is -0.456 e. The molecule has 0 saturated carbocycles. The molecule has 0 radical (unpaired) electrons. The number of hydrogen-bond donors (Lipinski definition) is 1. The second-order valence-corrected chi connectivity index (χ2v) is 10.6. The van der Waals surface area contributed by atoms with Crippen molar-refractivity contribution in [3.63, 3.8) is 0 Å². The summed E-state index contributed by atoms with van der Waals surface area (Å²) >= 11 is 0. The molecule has 2 heterocycles. The fraction of sp³-hybridized carbons (Fsp3) is 0.370. The van der Waals surface area contributed by atoms with Gasteiger partial charge in [-0.05, 0) is 62.0 Å². The van der Waals surface area contributed by atoms with Gasteiger partial charge in [0.25, 0.3) is 10.0 Å². The fourth-order valence-electron chi connectivity index (χ4n) is 4.26. The number of nitriles is 1. The van der Waals surface area contributed by atoms with Gasteiger partial charge < -0.3 is 19.0 Å². The van der Waals surface area contributed by atoms with Gasteiger partial charge in [-0.3, -0.25) is 0 Å². The van der Waals surface area contributed by atoms with E-state index in [0.29, 0.717) is 18.1 Å². The first-order valence-corrected chi connectivity index (χ1v) is 13.6. The van der Waals surface area contributed by atoms with Crippen molar-refractivity contribution in [2.45, 2.75) is 13.8 Å². The Morgan fingerprint density at radius 3 is 2.53 bits per heavy atom. The molecular formula is C27H32N4O4S. The van der Waals surface area contributed by atoms with E-state index in [-0.39, 0.29) is 23.6 Å². The molecule has 36 heavy (non-hydrogen) atoms. The molecule has 1 aromatic heterocycles. The van der Waals surface area contributed by atoms with Gasteiger partial charge in [-0.25, -0.2) is 13.1 Å². The van der Waals surface area contributed by atoms with E-state index < -0.39 is 10.0 Å². The molecule has 0 spiro atoms. The molecule has 3 aromatic rings. The number of rotatable bonds is 9. The number of hydrogen-bond acceptors (Lipinski definition) is 7. The summed E-state index contributed by atoms with van der Waals surface area (Å²) in [6.45, 7) is 8.37. The average Bonchev–Trinajstić information content (AvgIpc) is 3.37. The molecule has 0 bridgehead atoms. The summed E-state index contributed by atoms with van der Waals surface area (Å²) in [5, 5.41) is 11.8. The maximum atomic E-state index is 12.6. The summed E-state index contributed by atoms with van der Waals surface area (Å²) in [4.78, 5) is 4.38. The normalized spacial score (nSPS) is 15.7. The van der Waals surface area contributed by atoms with Crippen LogP contribution in [0.25, 0.3) is 27.7 Å². The van der Waals surface area contributed by atoms with Crippen LogP contribution in [-0.4, -0.2) is 66.3 Å². The molecule has 1 aliphatic heterocycles. The average molecular weight is 509 g/mol. The maximum absolute atomic E-state index is 12.6. The minimum atomic E-state index is -3.98. The molecule has 0 atom stereocenters. The Morgan fingerprint density at radius 1 is 1.08 bits per heavy atom. The van der Waals surface area contributed by atoms with E-state index in [4.69, 9.17) is 9.15 Å². The van der Waals surface area contributed by atoms with Gasteiger partial charge in [-0.15, -0.1) is 0 Å². The summed E-state index contributed by atoms with van der Waals surface area (Å²) in [6, 6.07) is 17.9. The third-order valence-corrected chi connectivity index (χ3v) is 7.92. The van der Waals surface area contributed by atoms with E-state index >= 15 is 0 Å². The monoisotopic (exact) mass is 508 g/mol. The highest BCUT2D eigenvalue weighted by Gasteiger charge is 2.22. The zero-order valence-electron chi connectivity index (χ0n) is 21.0. The molecule has 9 heteroatoms. The van der Waals surface area contributed by atoms with Crippen LogP contribution in [0, 0.1) is 11.3 Å². The maximum Gasteiger partial charge on any atom is 0.251 e. The van der Waals surface area contributed by atoms with Crippen molar-refractivity contribution in [1.82, 2.24) is 9.62 Å². The van der Waals surface area contributed by atoms with Crippen molar-refractivity contribution in [1.29, 1.82) is 5.26 Å². The third-order valence-electron chi connectivity index (χ3n) is 6.41. The molecule has 0 unspecified atom stereocenters. The summed E-state index contributed by atoms with van der Waals surface area (Å²) in [6.07, 6.45) is 0. The second-order valence-electron chi connectivity index (χ2n) is 8.86. The molecule has 1 N–H and O–H groups in total. The number of benzene rings is 2. The molecule has 2 aromatic carbocycles. The highest BCUT2D eigenvalue weighted by atomic mass is 32.2. The van der Waals surface area contributed by atoms with Crippen LogP contribution in [-0.2, 0) is 14.8 Å². The number of fused-ring (bicyclic) bond motifs is 1. The number of ether oxygens (including phenoxy) is 1. The van der Waals surface area contributed by atoms with Gasteiger partial charge in [0, 0.05) is 56.2 Å². The molecule has 1 fully saturated rings. The van der Waals surface area contributed by atoms with E-state index in [9.17, 15) is 13.7 Å². The van der Waals surface area contributed by atoms with Crippen LogP contribution < -0.4 is 9.62 Å². The lowest BCUT2D eigenvalue weighted by molar-refractivity contribution is 0.153. The van der Waals surface area contributed by atoms with Crippen LogP contribution in [0.4, 0.5) is 5.69 Å². The number of piperazine rings is 1. The number of nitrogens with zero attached hydrogens (tertiary/aromatic N) is 3. The molecule has 190 valence electrons. The standard InChI is InChI=1S/C27H32N4O4S/c1-4-34-16-11-29-36(32,33)27(19-28)20(2)25-9-10-26(35-25)23-6-5-22-18-24(8-7-21(22)17-23)31-14-12-30(3)13-15-31/h5-10,17-18,29H,4,11-16H2,1-3H3/b27-20+. The summed E-state index contributed by atoms with van der Waals surface area (Å²) in [5.41, 5.74) is 2.36. The molecule has 0 amide bonds. The Hall–Kier alpha value is -3.16. The first-order valence-electron chi connectivity index (χ1n) is 12.1. The molecule has 4 rings (SSSR count). The number of anilines is 1. The predicted octanol–water partition coefficient (Wildman–Crippen LogP) is 4.06. The van der Waals surface area contributed by atoms with Gasteiger partial charge >= 0.3 is 0 Å². The Balaban J connectivity index is 1.55. The number of nitrogens with one attached hydrogen (secondary N) is 1. The fourth-order valence-corrected chi connectivity index (χ4v) is 5.38. The van der Waals surface area contributed by atoms with E-state index in [1.165, 1.54) is 5.69 Å². The molecular weight excluding hydrogens is 476 g/mol. The van der Waals surface area contributed by atoms with Crippen molar-refractivity contribution in [2.75, 3.05) is 57.9 Å². The largest absolute Gasteiger partial charge is 0.456 e. The zero-order valence-corrected chi connectivity index (χ0v) is 21.8. The van der Waals surface area contributed by atoms with Crippen molar-refractivity contribution in [2.24, 2.45) is 0 Å². The van der Waals surface area contributed by atoms with Crippen LogP contribution in [0.15, 0.2) is 57.9 Å². The summed E-state index contributed by atoms with van der Waals surface area (Å²) in [5.74, 6) is 0.940. The summed E-state index contributed by atoms with van der Waals surface area (Å²) < 4.78 is 38.8. The first kappa shape index (κ1) is 25.9. The van der Waals surface area contributed by atoms with E-state index in [0.717, 1.165) is 42.5 Å². The highest BCUT2D eigenvalue weighted by Crippen LogP contribution is 2.31. The molecule has 1 saturated heterocycles. The van der Waals surface area contributed by atoms with Gasteiger partial charge in [0.2, 0.25) is 0 Å². The van der Waals surface area contributed by atoms with Gasteiger partial charge in [0.1, 0.15) is 17.6 Å². The van der Waals surface area contributed by atoms with Crippen molar-refractivity contribution in [3.8, 4) is 17.4 Å². The molecule has 1 aliphatic rings. The van der Waals surface area contributed by atoms with E-state index in [2.05, 4.69) is 51.9 Å². The summed E-state index contributed by atoms with van der Waals surface area (Å²) in [7, 11) is -1.83. The second kappa shape index (κ2) is 11.3. The minimum absolute atomic E-state index is 0.0889. The third kappa shape index (κ3) is 5.79. The SMILES string of the molecule is CCOCCNS(=O)(=O)/C(C#N)=C(\C)c1ccc(-c2ccc3cc(N4CCN(C)CC4)ccc3c2)o1. The van der Waals surface area contributed by atoms with Crippen molar-refractivity contribution < 1.29 is 17.6 Å². The van der Waals surface area contributed by atoms with E-state index in [1.54, 1.807) is 19.1 Å². The Bertz CT molecular complexity index is 1400. The quantitative estimate of drug-likeness (QED) is 0.344. The first-order chi connectivity index (χ1) is 17.3. The lowest BCUT2D eigenvalue weighted by Crippen LogP contribution is -2.44. The van der Waals surface area contributed by atoms with Crippen LogP contribution >= 0.6 is 0 Å². The topological polar surface area (TPSA) is 98.8 Å². The smallest absolute Gasteiger partial charge is 0.251 e. The lowest BCUT2D eigenvalue weighted by Gasteiger charge is -2.34. The van der Waals surface area contributed by atoms with E-state index in [1.807, 2.05) is 19.1 Å². The number of likely N-dealkylation sites (N-methyl/N-ethyl adjacent to an activating group) is 1. The molecule has 8 nitrogen and oxygen atoms in total. The van der Waals surface area contributed by atoms with Crippen LogP contribution in [0.2, 0.25) is 0 Å². The van der Waals surface area contributed by atoms with Gasteiger partial charge in [-0.1, -0.05) is 18.2 Å². The number of sulfonamides is 1. The Labute approximate surface area is 212 Å². The van der Waals surface area contributed by atoms with Gasteiger partial charge in [-0.2, -0.15) is 5.26 Å². The van der Waals surface area contributed by atoms with Crippen LogP contribution in [0.5, 0.6) is 0 Å². The Kier molecular flexibility index (Phi) is 8.11. The number of allylic oxidation sites excluding steroid dienone is 2. The van der Waals surface area contributed by atoms with Gasteiger partial charge in [0.15, 0.2) is 4.91 Å². The van der Waals surface area contributed by atoms with Crippen LogP contribution in [0.1, 0.15) is 19.6 Å². The zero-order chi connectivity index (χ0) is 25.7. The number of furan rings is 1. The predicted molar refractivity (Wildman–Crippen MR) is 143 cm³/mol. The molecule has 0 aliphatic carbocycles. The highest BCUT2D eigenvalue weighted by molar-refractivity contribution is 7.93. The Morgan fingerprint density at radius 2 is 1.81 bits per heavy atom. The van der Waals surface area contributed by atoms with Crippen molar-refractivity contribution in [3.05, 3.63) is 59.2 Å². The van der Waals surface area contributed by atoms with Crippen molar-refractivity contribution >= 4 is 32.1 Å². The van der Waals surface area contributed by atoms with Crippen LogP contribution in [0.3, 0.4) is 0 Å². The van der Waals surface area contributed by atoms with Gasteiger partial charge in [0.05, 0.1) is 6.61 Å².